The van der Waals surface area contributed by atoms with Crippen molar-refractivity contribution in [3.8, 4) is 11.5 Å². The molecule has 30 heavy (non-hydrogen) atoms. The summed E-state index contributed by atoms with van der Waals surface area (Å²) in [6, 6.07) is 11.5. The normalized spacial score (nSPS) is 15.3. The zero-order valence-corrected chi connectivity index (χ0v) is 18.4. The molecule has 6 nitrogen and oxygen atoms in total. The van der Waals surface area contributed by atoms with E-state index in [-0.39, 0.29) is 5.91 Å². The van der Waals surface area contributed by atoms with Crippen LogP contribution in [0, 0.1) is 5.92 Å². The molecule has 0 spiro atoms. The minimum absolute atomic E-state index is 0.224. The van der Waals surface area contributed by atoms with Crippen molar-refractivity contribution in [2.75, 3.05) is 32.6 Å². The molecule has 0 unspecified atom stereocenters. The predicted molar refractivity (Wildman–Crippen MR) is 121 cm³/mol. The molecule has 1 aliphatic heterocycles. The van der Waals surface area contributed by atoms with Gasteiger partial charge in [-0.25, -0.2) is 4.98 Å². The number of thiazole rings is 1. The Hall–Kier alpha value is -2.64. The maximum absolute atomic E-state index is 12.7. The van der Waals surface area contributed by atoms with Crippen molar-refractivity contribution in [1.29, 1.82) is 0 Å². The van der Waals surface area contributed by atoms with Crippen LogP contribution in [-0.4, -0.2) is 43.1 Å². The van der Waals surface area contributed by atoms with E-state index in [1.165, 1.54) is 29.7 Å². The van der Waals surface area contributed by atoms with E-state index >= 15 is 0 Å². The zero-order valence-electron chi connectivity index (χ0n) is 17.6. The number of piperidine rings is 1. The van der Waals surface area contributed by atoms with Crippen LogP contribution in [0.2, 0.25) is 0 Å². The molecule has 7 heteroatoms. The fourth-order valence-electron chi connectivity index (χ4n) is 3.75. The molecular weight excluding hydrogens is 398 g/mol. The van der Waals surface area contributed by atoms with E-state index in [0.717, 1.165) is 35.8 Å². The molecule has 0 atom stereocenters. The smallest absolute Gasteiger partial charge is 0.257 e. The van der Waals surface area contributed by atoms with Crippen molar-refractivity contribution in [3.05, 3.63) is 47.5 Å². The van der Waals surface area contributed by atoms with Crippen LogP contribution in [0.25, 0.3) is 10.2 Å². The van der Waals surface area contributed by atoms with E-state index in [9.17, 15) is 4.79 Å². The third-order valence-electron chi connectivity index (χ3n) is 5.60. The molecule has 4 rings (SSSR count). The van der Waals surface area contributed by atoms with Gasteiger partial charge in [0.2, 0.25) is 0 Å². The van der Waals surface area contributed by atoms with E-state index in [2.05, 4.69) is 34.3 Å². The second-order valence-electron chi connectivity index (χ2n) is 7.80. The van der Waals surface area contributed by atoms with Crippen molar-refractivity contribution in [2.45, 2.75) is 26.3 Å². The van der Waals surface area contributed by atoms with Crippen molar-refractivity contribution >= 4 is 32.6 Å². The maximum atomic E-state index is 12.7. The van der Waals surface area contributed by atoms with Crippen LogP contribution in [0.3, 0.4) is 0 Å². The lowest BCUT2D eigenvalue weighted by Gasteiger charge is -2.30. The number of fused-ring (bicyclic) bond motifs is 1. The summed E-state index contributed by atoms with van der Waals surface area (Å²) in [6.45, 7) is 5.62. The Kier molecular flexibility index (Phi) is 6.20. The van der Waals surface area contributed by atoms with Crippen molar-refractivity contribution < 1.29 is 14.3 Å². The molecule has 1 saturated heterocycles. The van der Waals surface area contributed by atoms with Crippen LogP contribution in [0.4, 0.5) is 5.13 Å². The minimum Gasteiger partial charge on any atom is -0.493 e. The number of rotatable bonds is 6. The Morgan fingerprint density at radius 2 is 1.90 bits per heavy atom. The third-order valence-corrected chi connectivity index (χ3v) is 6.54. The number of aromatic nitrogens is 1. The lowest BCUT2D eigenvalue weighted by Crippen LogP contribution is -2.32. The summed E-state index contributed by atoms with van der Waals surface area (Å²) in [5.41, 5.74) is 2.68. The average Bonchev–Trinajstić information content (AvgIpc) is 3.16. The van der Waals surface area contributed by atoms with Gasteiger partial charge in [-0.15, -0.1) is 0 Å². The number of carbonyl (C=O) groups excluding carboxylic acids is 1. The number of nitrogens with one attached hydrogen (secondary N) is 1. The van der Waals surface area contributed by atoms with E-state index in [4.69, 9.17) is 9.47 Å². The number of hydrogen-bond donors (Lipinski definition) is 1. The van der Waals surface area contributed by atoms with Gasteiger partial charge >= 0.3 is 0 Å². The van der Waals surface area contributed by atoms with Gasteiger partial charge in [0.05, 0.1) is 24.4 Å². The largest absolute Gasteiger partial charge is 0.493 e. The number of benzene rings is 2. The first-order valence-corrected chi connectivity index (χ1v) is 11.0. The summed E-state index contributed by atoms with van der Waals surface area (Å²) in [7, 11) is 3.12. The minimum atomic E-state index is -0.224. The maximum Gasteiger partial charge on any atom is 0.257 e. The van der Waals surface area contributed by atoms with Crippen LogP contribution in [0.1, 0.15) is 35.7 Å². The van der Waals surface area contributed by atoms with E-state index in [1.807, 2.05) is 6.07 Å². The number of ether oxygens (including phenoxy) is 2. The van der Waals surface area contributed by atoms with Gasteiger partial charge in [0, 0.05) is 12.1 Å². The number of methoxy groups -OCH3 is 2. The molecule has 2 heterocycles. The Morgan fingerprint density at radius 3 is 2.63 bits per heavy atom. The summed E-state index contributed by atoms with van der Waals surface area (Å²) in [4.78, 5) is 19.8. The third kappa shape index (κ3) is 4.57. The SMILES string of the molecule is COc1ccc(C(=O)Nc2nc3ccc(CN4CCC(C)CC4)cc3s2)cc1OC. The van der Waals surface area contributed by atoms with Gasteiger partial charge in [-0.1, -0.05) is 24.3 Å². The number of likely N-dealkylation sites (tertiary alicyclic amines) is 1. The first kappa shape index (κ1) is 20.6. The molecule has 3 aromatic rings. The summed E-state index contributed by atoms with van der Waals surface area (Å²) in [5, 5.41) is 3.50. The van der Waals surface area contributed by atoms with Crippen LogP contribution in [0.5, 0.6) is 11.5 Å². The second-order valence-corrected chi connectivity index (χ2v) is 8.83. The van der Waals surface area contributed by atoms with E-state index < -0.39 is 0 Å². The fourth-order valence-corrected chi connectivity index (χ4v) is 4.67. The second kappa shape index (κ2) is 9.02. The summed E-state index contributed by atoms with van der Waals surface area (Å²) in [5.74, 6) is 1.72. The predicted octanol–water partition coefficient (Wildman–Crippen LogP) is 4.80. The average molecular weight is 426 g/mol. The Morgan fingerprint density at radius 1 is 1.13 bits per heavy atom. The van der Waals surface area contributed by atoms with Crippen LogP contribution >= 0.6 is 11.3 Å². The number of anilines is 1. The quantitative estimate of drug-likeness (QED) is 0.615. The molecule has 2 aromatic carbocycles. The molecule has 0 bridgehead atoms. The molecule has 1 N–H and O–H groups in total. The van der Waals surface area contributed by atoms with Crippen LogP contribution in [-0.2, 0) is 6.54 Å². The van der Waals surface area contributed by atoms with Gasteiger partial charge in [0.15, 0.2) is 16.6 Å². The molecule has 0 aliphatic carbocycles. The van der Waals surface area contributed by atoms with Gasteiger partial charge in [0.1, 0.15) is 0 Å². The standard InChI is InChI=1S/C23H27N3O3S/c1-15-8-10-26(11-9-15)14-16-4-6-18-21(12-16)30-23(24-18)25-22(27)17-5-7-19(28-2)20(13-17)29-3/h4-7,12-13,15H,8-11,14H2,1-3H3,(H,24,25,27). The highest BCUT2D eigenvalue weighted by Crippen LogP contribution is 2.30. The van der Waals surface area contributed by atoms with Gasteiger partial charge in [-0.3, -0.25) is 15.0 Å². The zero-order chi connectivity index (χ0) is 21.1. The lowest BCUT2D eigenvalue weighted by molar-refractivity contribution is 0.102. The van der Waals surface area contributed by atoms with Crippen molar-refractivity contribution in [1.82, 2.24) is 9.88 Å². The Balaban J connectivity index is 1.46. The molecule has 1 fully saturated rings. The van der Waals surface area contributed by atoms with E-state index in [1.54, 1.807) is 32.4 Å². The van der Waals surface area contributed by atoms with Gasteiger partial charge in [0.25, 0.3) is 5.91 Å². The van der Waals surface area contributed by atoms with Gasteiger partial charge in [-0.2, -0.15) is 0 Å². The fraction of sp³-hybridized carbons (Fsp3) is 0.391. The lowest BCUT2D eigenvalue weighted by atomic mass is 9.99. The molecule has 1 amide bonds. The monoisotopic (exact) mass is 425 g/mol. The number of hydrogen-bond acceptors (Lipinski definition) is 6. The van der Waals surface area contributed by atoms with Crippen LogP contribution < -0.4 is 14.8 Å². The van der Waals surface area contributed by atoms with Gasteiger partial charge < -0.3 is 9.47 Å². The molecule has 0 saturated carbocycles. The number of amides is 1. The van der Waals surface area contributed by atoms with E-state index in [0.29, 0.717) is 22.2 Å². The number of nitrogens with zero attached hydrogens (tertiary/aromatic N) is 2. The highest BCUT2D eigenvalue weighted by molar-refractivity contribution is 7.22. The van der Waals surface area contributed by atoms with Gasteiger partial charge in [-0.05, 0) is 67.7 Å². The highest BCUT2D eigenvalue weighted by atomic mass is 32.1. The molecule has 1 aromatic heterocycles. The summed E-state index contributed by atoms with van der Waals surface area (Å²) in [6.07, 6.45) is 2.55. The summed E-state index contributed by atoms with van der Waals surface area (Å²) < 4.78 is 11.6. The van der Waals surface area contributed by atoms with Crippen molar-refractivity contribution in [2.24, 2.45) is 5.92 Å². The van der Waals surface area contributed by atoms with Crippen LogP contribution in [0.15, 0.2) is 36.4 Å². The molecule has 0 radical (unpaired) electrons. The Bertz CT molecular complexity index is 1040. The molecule has 1 aliphatic rings. The molecular formula is C23H27N3O3S. The molecule has 158 valence electrons. The number of carbonyl (C=O) groups is 1. The Labute approximate surface area is 180 Å². The summed E-state index contributed by atoms with van der Waals surface area (Å²) >= 11 is 1.50. The van der Waals surface area contributed by atoms with Crippen molar-refractivity contribution in [3.63, 3.8) is 0 Å². The first-order chi connectivity index (χ1) is 14.6. The highest BCUT2D eigenvalue weighted by Gasteiger charge is 2.17. The topological polar surface area (TPSA) is 63.7 Å². The first-order valence-electron chi connectivity index (χ1n) is 10.2.